The third-order valence-corrected chi connectivity index (χ3v) is 3.34. The number of thioether (sulfide) groups is 1. The molecule has 0 radical (unpaired) electrons. The van der Waals surface area contributed by atoms with Crippen LogP contribution in [0.5, 0.6) is 0 Å². The van der Waals surface area contributed by atoms with Crippen molar-refractivity contribution in [2.75, 3.05) is 12.4 Å². The normalized spacial score (nSPS) is 33.6. The van der Waals surface area contributed by atoms with Gasteiger partial charge in [0.25, 0.3) is 0 Å². The summed E-state index contributed by atoms with van der Waals surface area (Å²) in [6, 6.07) is 0.331. The number of hydrogen-bond donors (Lipinski definition) is 2. The zero-order valence-corrected chi connectivity index (χ0v) is 7.32. The predicted molar refractivity (Wildman–Crippen MR) is 45.1 cm³/mol. The van der Waals surface area contributed by atoms with Crippen LogP contribution >= 0.6 is 11.8 Å². The number of aliphatic hydroxyl groups is 1. The first kappa shape index (κ1) is 8.37. The topological polar surface area (TPSA) is 32.3 Å². The Kier molecular flexibility index (Phi) is 3.01. The Labute approximate surface area is 66.4 Å². The molecule has 60 valence electrons. The molecule has 2 nitrogen and oxygen atoms in total. The fourth-order valence-corrected chi connectivity index (χ4v) is 2.35. The molecule has 3 heteroatoms. The summed E-state index contributed by atoms with van der Waals surface area (Å²) < 4.78 is 0. The van der Waals surface area contributed by atoms with Crippen molar-refractivity contribution in [3.63, 3.8) is 0 Å². The summed E-state index contributed by atoms with van der Waals surface area (Å²) in [5.74, 6) is 1.72. The Morgan fingerprint density at radius 3 is 2.70 bits per heavy atom. The van der Waals surface area contributed by atoms with E-state index in [0.717, 1.165) is 5.75 Å². The van der Waals surface area contributed by atoms with Gasteiger partial charge < -0.3 is 5.11 Å². The molecular weight excluding hydrogens is 146 g/mol. The summed E-state index contributed by atoms with van der Waals surface area (Å²) in [6.45, 7) is 4.67. The Hall–Kier alpha value is 0.270. The second-order valence-corrected chi connectivity index (χ2v) is 4.22. The average molecular weight is 161 g/mol. The van der Waals surface area contributed by atoms with Gasteiger partial charge in [0.15, 0.2) is 0 Å². The summed E-state index contributed by atoms with van der Waals surface area (Å²) in [5, 5.41) is 12.7. The van der Waals surface area contributed by atoms with Gasteiger partial charge in [0.1, 0.15) is 0 Å². The van der Waals surface area contributed by atoms with E-state index in [4.69, 9.17) is 5.11 Å². The maximum absolute atomic E-state index is 8.79. The van der Waals surface area contributed by atoms with Crippen molar-refractivity contribution in [3.05, 3.63) is 0 Å². The third kappa shape index (κ3) is 1.87. The number of hydrogen-bond acceptors (Lipinski definition) is 3. The van der Waals surface area contributed by atoms with Crippen LogP contribution in [0.15, 0.2) is 0 Å². The van der Waals surface area contributed by atoms with Crippen molar-refractivity contribution >= 4 is 11.8 Å². The van der Waals surface area contributed by atoms with Crippen LogP contribution in [0.25, 0.3) is 0 Å². The zero-order chi connectivity index (χ0) is 7.56. The van der Waals surface area contributed by atoms with Crippen molar-refractivity contribution in [1.82, 2.24) is 5.32 Å². The predicted octanol–water partition coefficient (Wildman–Crippen LogP) is 0.666. The van der Waals surface area contributed by atoms with Gasteiger partial charge in [-0.05, 0) is 5.92 Å². The molecule has 0 unspecified atom stereocenters. The van der Waals surface area contributed by atoms with E-state index >= 15 is 0 Å². The van der Waals surface area contributed by atoms with Crippen LogP contribution < -0.4 is 5.32 Å². The molecule has 1 saturated heterocycles. The molecule has 0 aromatic carbocycles. The van der Waals surface area contributed by atoms with Crippen LogP contribution in [0.1, 0.15) is 13.8 Å². The summed E-state index contributed by atoms with van der Waals surface area (Å²) in [4.78, 5) is 0. The van der Waals surface area contributed by atoms with Gasteiger partial charge in [-0.3, -0.25) is 5.32 Å². The van der Waals surface area contributed by atoms with E-state index in [1.165, 1.54) is 0 Å². The Bertz CT molecular complexity index is 108. The van der Waals surface area contributed by atoms with Gasteiger partial charge in [-0.15, -0.1) is 11.8 Å². The highest BCUT2D eigenvalue weighted by Gasteiger charge is 2.25. The quantitative estimate of drug-likeness (QED) is 0.624. The molecule has 2 atom stereocenters. The van der Waals surface area contributed by atoms with E-state index in [9.17, 15) is 0 Å². The van der Waals surface area contributed by atoms with Crippen molar-refractivity contribution < 1.29 is 5.11 Å². The molecule has 0 aromatic heterocycles. The minimum atomic E-state index is 0.274. The average Bonchev–Trinajstić information content (AvgIpc) is 2.34. The van der Waals surface area contributed by atoms with E-state index in [1.54, 1.807) is 0 Å². The standard InChI is InChI=1S/C7H15NOS/c1-5(2)7-8-6(3-9)4-10-7/h5-9H,3-4H2,1-2H3/t6-,7-/m1/s1. The molecule has 0 bridgehead atoms. The van der Waals surface area contributed by atoms with Crippen molar-refractivity contribution in [3.8, 4) is 0 Å². The number of aliphatic hydroxyl groups excluding tert-OH is 1. The highest BCUT2D eigenvalue weighted by Crippen LogP contribution is 2.24. The van der Waals surface area contributed by atoms with Crippen LogP contribution in [0.3, 0.4) is 0 Å². The minimum absolute atomic E-state index is 0.274. The molecule has 0 aromatic rings. The molecule has 10 heavy (non-hydrogen) atoms. The molecule has 2 N–H and O–H groups in total. The lowest BCUT2D eigenvalue weighted by molar-refractivity contribution is 0.253. The first-order chi connectivity index (χ1) is 4.74. The van der Waals surface area contributed by atoms with Gasteiger partial charge in [0.2, 0.25) is 0 Å². The number of nitrogens with one attached hydrogen (secondary N) is 1. The molecule has 1 heterocycles. The van der Waals surface area contributed by atoms with Gasteiger partial charge in [0.05, 0.1) is 12.0 Å². The SMILES string of the molecule is CC(C)[C@@H]1N[C@H](CO)CS1. The second-order valence-electron chi connectivity index (χ2n) is 3.04. The lowest BCUT2D eigenvalue weighted by atomic mass is 10.2. The lowest BCUT2D eigenvalue weighted by Gasteiger charge is -2.14. The van der Waals surface area contributed by atoms with Gasteiger partial charge in [-0.25, -0.2) is 0 Å². The van der Waals surface area contributed by atoms with E-state index in [-0.39, 0.29) is 6.61 Å². The highest BCUT2D eigenvalue weighted by atomic mass is 32.2. The molecule has 1 fully saturated rings. The van der Waals surface area contributed by atoms with Gasteiger partial charge in [-0.2, -0.15) is 0 Å². The van der Waals surface area contributed by atoms with Gasteiger partial charge >= 0.3 is 0 Å². The second kappa shape index (κ2) is 3.60. The smallest absolute Gasteiger partial charge is 0.0593 e. The van der Waals surface area contributed by atoms with E-state index in [0.29, 0.717) is 17.3 Å². The molecule has 1 aliphatic heterocycles. The molecule has 0 amide bonds. The first-order valence-corrected chi connectivity index (χ1v) is 4.77. The summed E-state index contributed by atoms with van der Waals surface area (Å²) in [5.41, 5.74) is 0. The van der Waals surface area contributed by atoms with Crippen molar-refractivity contribution in [1.29, 1.82) is 0 Å². The van der Waals surface area contributed by atoms with Crippen LogP contribution in [0.2, 0.25) is 0 Å². The molecule has 1 rings (SSSR count). The van der Waals surface area contributed by atoms with E-state index < -0.39 is 0 Å². The van der Waals surface area contributed by atoms with Crippen LogP contribution in [-0.4, -0.2) is 28.9 Å². The fourth-order valence-electron chi connectivity index (χ4n) is 1.04. The summed E-state index contributed by atoms with van der Waals surface area (Å²) >= 11 is 1.91. The van der Waals surface area contributed by atoms with Crippen LogP contribution in [0.4, 0.5) is 0 Å². The molecular formula is C7H15NOS. The maximum Gasteiger partial charge on any atom is 0.0593 e. The van der Waals surface area contributed by atoms with E-state index in [1.807, 2.05) is 11.8 Å². The molecule has 1 aliphatic rings. The van der Waals surface area contributed by atoms with E-state index in [2.05, 4.69) is 19.2 Å². The third-order valence-electron chi connectivity index (χ3n) is 1.70. The first-order valence-electron chi connectivity index (χ1n) is 3.72. The zero-order valence-electron chi connectivity index (χ0n) is 6.50. The Morgan fingerprint density at radius 1 is 1.70 bits per heavy atom. The summed E-state index contributed by atoms with van der Waals surface area (Å²) in [7, 11) is 0. The molecule has 0 aliphatic carbocycles. The molecule has 0 saturated carbocycles. The lowest BCUT2D eigenvalue weighted by Crippen LogP contribution is -2.35. The Morgan fingerprint density at radius 2 is 2.40 bits per heavy atom. The number of rotatable bonds is 2. The Balaban J connectivity index is 2.28. The van der Waals surface area contributed by atoms with Gasteiger partial charge in [-0.1, -0.05) is 13.8 Å². The highest BCUT2D eigenvalue weighted by molar-refractivity contribution is 8.00. The largest absolute Gasteiger partial charge is 0.395 e. The minimum Gasteiger partial charge on any atom is -0.395 e. The molecule has 0 spiro atoms. The van der Waals surface area contributed by atoms with Crippen molar-refractivity contribution in [2.45, 2.75) is 25.3 Å². The summed E-state index contributed by atoms with van der Waals surface area (Å²) in [6.07, 6.45) is 0. The van der Waals surface area contributed by atoms with Crippen molar-refractivity contribution in [2.24, 2.45) is 5.92 Å². The van der Waals surface area contributed by atoms with Crippen LogP contribution in [0, 0.1) is 5.92 Å². The van der Waals surface area contributed by atoms with Gasteiger partial charge in [0, 0.05) is 11.8 Å². The monoisotopic (exact) mass is 161 g/mol. The van der Waals surface area contributed by atoms with Crippen LogP contribution in [-0.2, 0) is 0 Å². The fraction of sp³-hybridized carbons (Fsp3) is 1.00. The maximum atomic E-state index is 8.79.